The van der Waals surface area contributed by atoms with Crippen molar-refractivity contribution < 1.29 is 9.21 Å². The van der Waals surface area contributed by atoms with E-state index in [-0.39, 0.29) is 11.7 Å². The Morgan fingerprint density at radius 3 is 2.47 bits per heavy atom. The average Bonchev–Trinajstić information content (AvgIpc) is 2.69. The minimum atomic E-state index is -0.157. The Bertz CT molecular complexity index is 466. The first kappa shape index (κ1) is 9.65. The van der Waals surface area contributed by atoms with Crippen LogP contribution in [0.1, 0.15) is 27.4 Å². The van der Waals surface area contributed by atoms with E-state index in [1.807, 2.05) is 32.0 Å². The molecule has 0 unspecified atom stereocenters. The van der Waals surface area contributed by atoms with Gasteiger partial charge in [-0.05, 0) is 25.0 Å². The van der Waals surface area contributed by atoms with Crippen LogP contribution in [0.4, 0.5) is 0 Å². The van der Waals surface area contributed by atoms with Gasteiger partial charge in [-0.15, -0.1) is 0 Å². The number of aryl methyl sites for hydroxylation is 2. The standard InChI is InChI=1S/C12H11NO2/c1-8-4-3-5-9(2)10(8)11(14)12-13-6-7-15-12/h3-7H,1-2H3. The molecular weight excluding hydrogens is 190 g/mol. The Labute approximate surface area is 87.8 Å². The molecule has 0 amide bonds. The summed E-state index contributed by atoms with van der Waals surface area (Å²) in [6.45, 7) is 3.81. The summed E-state index contributed by atoms with van der Waals surface area (Å²) in [5, 5.41) is 0. The average molecular weight is 201 g/mol. The molecule has 0 aliphatic carbocycles. The summed E-state index contributed by atoms with van der Waals surface area (Å²) in [7, 11) is 0. The molecule has 0 fully saturated rings. The Morgan fingerprint density at radius 1 is 1.27 bits per heavy atom. The molecule has 0 radical (unpaired) electrons. The van der Waals surface area contributed by atoms with Crippen molar-refractivity contribution in [2.75, 3.05) is 0 Å². The van der Waals surface area contributed by atoms with Gasteiger partial charge in [0.1, 0.15) is 6.26 Å². The van der Waals surface area contributed by atoms with Crippen LogP contribution in [0.15, 0.2) is 35.1 Å². The SMILES string of the molecule is Cc1cccc(C)c1C(=O)c1ncco1. The van der Waals surface area contributed by atoms with Gasteiger partial charge in [0.25, 0.3) is 5.89 Å². The number of oxazole rings is 1. The van der Waals surface area contributed by atoms with Crippen LogP contribution < -0.4 is 0 Å². The lowest BCUT2D eigenvalue weighted by molar-refractivity contribution is 0.100. The number of aromatic nitrogens is 1. The molecule has 0 saturated heterocycles. The Hall–Kier alpha value is -1.90. The van der Waals surface area contributed by atoms with E-state index in [9.17, 15) is 4.79 Å². The molecule has 15 heavy (non-hydrogen) atoms. The normalized spacial score (nSPS) is 10.3. The van der Waals surface area contributed by atoms with Gasteiger partial charge in [-0.1, -0.05) is 18.2 Å². The quantitative estimate of drug-likeness (QED) is 0.701. The summed E-state index contributed by atoms with van der Waals surface area (Å²) in [6.07, 6.45) is 2.88. The van der Waals surface area contributed by atoms with E-state index in [1.54, 1.807) is 0 Å². The van der Waals surface area contributed by atoms with E-state index in [1.165, 1.54) is 12.5 Å². The highest BCUT2D eigenvalue weighted by atomic mass is 16.3. The summed E-state index contributed by atoms with van der Waals surface area (Å²) < 4.78 is 5.00. The number of carbonyl (C=O) groups is 1. The molecule has 1 aromatic heterocycles. The van der Waals surface area contributed by atoms with E-state index >= 15 is 0 Å². The largest absolute Gasteiger partial charge is 0.442 e. The zero-order valence-electron chi connectivity index (χ0n) is 8.65. The van der Waals surface area contributed by atoms with Gasteiger partial charge < -0.3 is 4.42 Å². The maximum absolute atomic E-state index is 12.0. The molecule has 0 aliphatic rings. The Balaban J connectivity index is 2.51. The number of hydrogen-bond acceptors (Lipinski definition) is 3. The molecule has 0 spiro atoms. The molecular formula is C12H11NO2. The predicted molar refractivity (Wildman–Crippen MR) is 55.9 cm³/mol. The van der Waals surface area contributed by atoms with Crippen LogP contribution in [0.25, 0.3) is 0 Å². The van der Waals surface area contributed by atoms with Crippen LogP contribution in [-0.4, -0.2) is 10.8 Å². The lowest BCUT2D eigenvalue weighted by atomic mass is 9.99. The summed E-state index contributed by atoms with van der Waals surface area (Å²) in [6, 6.07) is 5.74. The predicted octanol–water partition coefficient (Wildman–Crippen LogP) is 2.52. The minimum Gasteiger partial charge on any atom is -0.442 e. The molecule has 0 saturated carbocycles. The van der Waals surface area contributed by atoms with Gasteiger partial charge in [0.15, 0.2) is 0 Å². The molecule has 76 valence electrons. The molecule has 3 heteroatoms. The fraction of sp³-hybridized carbons (Fsp3) is 0.167. The van der Waals surface area contributed by atoms with Gasteiger partial charge >= 0.3 is 0 Å². The molecule has 2 rings (SSSR count). The summed E-state index contributed by atoms with van der Waals surface area (Å²) in [5.74, 6) is -0.0111. The lowest BCUT2D eigenvalue weighted by Crippen LogP contribution is -2.06. The first-order valence-electron chi connectivity index (χ1n) is 4.70. The van der Waals surface area contributed by atoms with E-state index in [0.717, 1.165) is 11.1 Å². The Kier molecular flexibility index (Phi) is 2.37. The van der Waals surface area contributed by atoms with Crippen LogP contribution in [0, 0.1) is 13.8 Å². The van der Waals surface area contributed by atoms with E-state index < -0.39 is 0 Å². The van der Waals surface area contributed by atoms with Crippen molar-refractivity contribution >= 4 is 5.78 Å². The van der Waals surface area contributed by atoms with Gasteiger partial charge in [0.05, 0.1) is 6.20 Å². The van der Waals surface area contributed by atoms with Gasteiger partial charge in [-0.3, -0.25) is 4.79 Å². The molecule has 1 heterocycles. The van der Waals surface area contributed by atoms with Crippen molar-refractivity contribution in [3.05, 3.63) is 53.2 Å². The molecule has 0 N–H and O–H groups in total. The Morgan fingerprint density at radius 2 is 1.93 bits per heavy atom. The third kappa shape index (κ3) is 1.68. The number of hydrogen-bond donors (Lipinski definition) is 0. The highest BCUT2D eigenvalue weighted by Gasteiger charge is 2.17. The van der Waals surface area contributed by atoms with Crippen LogP contribution in [0.5, 0.6) is 0 Å². The number of rotatable bonds is 2. The van der Waals surface area contributed by atoms with Crippen LogP contribution >= 0.6 is 0 Å². The van der Waals surface area contributed by atoms with Crippen LogP contribution in [0.2, 0.25) is 0 Å². The van der Waals surface area contributed by atoms with Crippen molar-refractivity contribution in [1.29, 1.82) is 0 Å². The highest BCUT2D eigenvalue weighted by molar-refractivity contribution is 6.07. The maximum atomic E-state index is 12.0. The third-order valence-corrected chi connectivity index (χ3v) is 2.33. The summed E-state index contributed by atoms with van der Waals surface area (Å²) in [4.78, 5) is 15.9. The molecule has 2 aromatic rings. The second-order valence-corrected chi connectivity index (χ2v) is 3.43. The van der Waals surface area contributed by atoms with Crippen molar-refractivity contribution in [1.82, 2.24) is 4.98 Å². The van der Waals surface area contributed by atoms with Gasteiger partial charge in [0, 0.05) is 5.56 Å². The maximum Gasteiger partial charge on any atom is 0.268 e. The van der Waals surface area contributed by atoms with Gasteiger partial charge in [-0.2, -0.15) is 0 Å². The molecule has 0 aliphatic heterocycles. The monoisotopic (exact) mass is 201 g/mol. The van der Waals surface area contributed by atoms with Crippen LogP contribution in [-0.2, 0) is 0 Å². The first-order valence-corrected chi connectivity index (χ1v) is 4.70. The third-order valence-electron chi connectivity index (χ3n) is 2.33. The number of carbonyl (C=O) groups excluding carboxylic acids is 1. The highest BCUT2D eigenvalue weighted by Crippen LogP contribution is 2.16. The summed E-state index contributed by atoms with van der Waals surface area (Å²) in [5.41, 5.74) is 2.57. The second-order valence-electron chi connectivity index (χ2n) is 3.43. The first-order chi connectivity index (χ1) is 7.20. The van der Waals surface area contributed by atoms with E-state index in [2.05, 4.69) is 4.98 Å². The van der Waals surface area contributed by atoms with Gasteiger partial charge in [0.2, 0.25) is 5.78 Å². The number of nitrogens with zero attached hydrogens (tertiary/aromatic N) is 1. The number of ketones is 1. The number of benzene rings is 1. The van der Waals surface area contributed by atoms with Crippen molar-refractivity contribution in [3.8, 4) is 0 Å². The van der Waals surface area contributed by atoms with Gasteiger partial charge in [-0.25, -0.2) is 4.98 Å². The van der Waals surface area contributed by atoms with E-state index in [0.29, 0.717) is 5.56 Å². The minimum absolute atomic E-state index is 0.146. The lowest BCUT2D eigenvalue weighted by Gasteiger charge is -2.05. The molecule has 0 bridgehead atoms. The fourth-order valence-electron chi connectivity index (χ4n) is 1.62. The van der Waals surface area contributed by atoms with Crippen molar-refractivity contribution in [2.24, 2.45) is 0 Å². The van der Waals surface area contributed by atoms with Crippen molar-refractivity contribution in [2.45, 2.75) is 13.8 Å². The van der Waals surface area contributed by atoms with E-state index in [4.69, 9.17) is 4.42 Å². The zero-order valence-corrected chi connectivity index (χ0v) is 8.65. The molecule has 0 atom stereocenters. The van der Waals surface area contributed by atoms with Crippen LogP contribution in [0.3, 0.4) is 0 Å². The van der Waals surface area contributed by atoms with Crippen molar-refractivity contribution in [3.63, 3.8) is 0 Å². The second kappa shape index (κ2) is 3.69. The summed E-state index contributed by atoms with van der Waals surface area (Å²) >= 11 is 0. The molecule has 3 nitrogen and oxygen atoms in total. The zero-order chi connectivity index (χ0) is 10.8. The molecule has 1 aromatic carbocycles. The smallest absolute Gasteiger partial charge is 0.268 e. The fourth-order valence-corrected chi connectivity index (χ4v) is 1.62. The topological polar surface area (TPSA) is 43.1 Å².